The van der Waals surface area contributed by atoms with Gasteiger partial charge in [0.15, 0.2) is 5.82 Å². The third-order valence-electron chi connectivity index (χ3n) is 8.31. The molecule has 0 aliphatic carbocycles. The van der Waals surface area contributed by atoms with Gasteiger partial charge >= 0.3 is 0 Å². The number of ether oxygens (including phenoxy) is 1. The van der Waals surface area contributed by atoms with Gasteiger partial charge in [-0.05, 0) is 50.2 Å². The van der Waals surface area contributed by atoms with Gasteiger partial charge in [0.05, 0.1) is 25.0 Å². The lowest BCUT2D eigenvalue weighted by Crippen LogP contribution is -2.47. The van der Waals surface area contributed by atoms with E-state index in [4.69, 9.17) is 16.3 Å². The second kappa shape index (κ2) is 13.5. The molecule has 45 heavy (non-hydrogen) atoms. The maximum Gasteiger partial charge on any atom is 0.256 e. The Kier molecular flexibility index (Phi) is 9.29. The molecule has 0 bridgehead atoms. The predicted molar refractivity (Wildman–Crippen MR) is 169 cm³/mol. The summed E-state index contributed by atoms with van der Waals surface area (Å²) in [5.74, 6) is -1.40. The molecule has 3 aliphatic heterocycles. The fraction of sp³-hybridized carbons (Fsp3) is 0.419. The maximum atomic E-state index is 13.8. The van der Waals surface area contributed by atoms with E-state index in [0.717, 1.165) is 43.4 Å². The molecule has 0 unspecified atom stereocenters. The van der Waals surface area contributed by atoms with Crippen molar-refractivity contribution in [2.24, 2.45) is 0 Å². The molecule has 1 atom stereocenters. The Bertz CT molecular complexity index is 1550. The first-order valence-corrected chi connectivity index (χ1v) is 15.4. The zero-order chi connectivity index (χ0) is 31.5. The average molecular weight is 641 g/mol. The van der Waals surface area contributed by atoms with E-state index in [1.54, 1.807) is 11.0 Å². The van der Waals surface area contributed by atoms with Crippen molar-refractivity contribution in [3.05, 3.63) is 64.8 Å². The standard InChI is InChI=1S/C31H35ClF2N8O3/c1-39-7-9-41(10-8-39)30(44)24-18-22(4-5-26(24)40-11-13-45-14-12-40)36-29(43)27-3-2-6-42(27)28-25(32)19-35-31(38-28)37-23-16-20(33)15-21(34)17-23/h4-5,15-19,27H,2-3,6-14H2,1H3,(H,36,43)(H,35,37,38)/t27-/m0/s1. The van der Waals surface area contributed by atoms with E-state index in [1.165, 1.54) is 6.20 Å². The van der Waals surface area contributed by atoms with E-state index in [9.17, 15) is 18.4 Å². The number of halogens is 3. The average Bonchev–Trinajstić information content (AvgIpc) is 3.52. The van der Waals surface area contributed by atoms with Gasteiger partial charge in [-0.3, -0.25) is 9.59 Å². The van der Waals surface area contributed by atoms with Crippen LogP contribution in [0.2, 0.25) is 5.02 Å². The number of hydrogen-bond acceptors (Lipinski definition) is 9. The van der Waals surface area contributed by atoms with Crippen molar-refractivity contribution < 1.29 is 23.1 Å². The molecule has 11 nitrogen and oxygen atoms in total. The van der Waals surface area contributed by atoms with E-state index in [-0.39, 0.29) is 28.5 Å². The van der Waals surface area contributed by atoms with Gasteiger partial charge in [-0.25, -0.2) is 13.8 Å². The lowest BCUT2D eigenvalue weighted by atomic mass is 10.1. The maximum absolute atomic E-state index is 13.8. The quantitative estimate of drug-likeness (QED) is 0.397. The van der Waals surface area contributed by atoms with Crippen LogP contribution in [-0.2, 0) is 9.53 Å². The van der Waals surface area contributed by atoms with E-state index >= 15 is 0 Å². The van der Waals surface area contributed by atoms with Crippen molar-refractivity contribution in [1.82, 2.24) is 19.8 Å². The number of morpholine rings is 1. The number of benzene rings is 2. The van der Waals surface area contributed by atoms with Crippen LogP contribution in [0.3, 0.4) is 0 Å². The van der Waals surface area contributed by atoms with Crippen molar-refractivity contribution in [2.75, 3.05) is 86.5 Å². The molecule has 238 valence electrons. The fourth-order valence-electron chi connectivity index (χ4n) is 5.94. The van der Waals surface area contributed by atoms with Crippen LogP contribution in [0, 0.1) is 11.6 Å². The van der Waals surface area contributed by atoms with Crippen LogP contribution in [0.1, 0.15) is 23.2 Å². The molecule has 0 radical (unpaired) electrons. The molecule has 1 aromatic heterocycles. The van der Waals surface area contributed by atoms with E-state index < -0.39 is 17.7 Å². The number of carbonyl (C=O) groups excluding carboxylic acids is 2. The van der Waals surface area contributed by atoms with Crippen LogP contribution < -0.4 is 20.4 Å². The molecule has 3 saturated heterocycles. The summed E-state index contributed by atoms with van der Waals surface area (Å²) in [5.41, 5.74) is 2.03. The molecular formula is C31H35ClF2N8O3. The molecule has 2 aromatic carbocycles. The highest BCUT2D eigenvalue weighted by Gasteiger charge is 2.34. The van der Waals surface area contributed by atoms with E-state index in [0.29, 0.717) is 69.4 Å². The van der Waals surface area contributed by atoms with E-state index in [2.05, 4.69) is 30.4 Å². The van der Waals surface area contributed by atoms with E-state index in [1.807, 2.05) is 24.1 Å². The van der Waals surface area contributed by atoms with Crippen LogP contribution in [-0.4, -0.2) is 104 Å². The van der Waals surface area contributed by atoms with Gasteiger partial charge in [0, 0.05) is 68.9 Å². The highest BCUT2D eigenvalue weighted by atomic mass is 35.5. The normalized spacial score (nSPS) is 19.1. The molecular weight excluding hydrogens is 606 g/mol. The monoisotopic (exact) mass is 640 g/mol. The first kappa shape index (κ1) is 30.9. The number of anilines is 5. The van der Waals surface area contributed by atoms with Gasteiger partial charge in [-0.15, -0.1) is 0 Å². The topological polar surface area (TPSA) is 106 Å². The minimum absolute atomic E-state index is 0.0610. The fourth-order valence-corrected chi connectivity index (χ4v) is 6.14. The third-order valence-corrected chi connectivity index (χ3v) is 8.58. The molecule has 2 N–H and O–H groups in total. The van der Waals surface area contributed by atoms with Crippen molar-refractivity contribution in [2.45, 2.75) is 18.9 Å². The van der Waals surface area contributed by atoms with Gasteiger partial charge in [0.2, 0.25) is 11.9 Å². The van der Waals surface area contributed by atoms with Gasteiger partial charge < -0.3 is 35.0 Å². The predicted octanol–water partition coefficient (Wildman–Crippen LogP) is 3.98. The number of aromatic nitrogens is 2. The Morgan fingerprint density at radius 3 is 2.42 bits per heavy atom. The number of nitrogens with one attached hydrogen (secondary N) is 2. The summed E-state index contributed by atoms with van der Waals surface area (Å²) in [6.07, 6.45) is 2.66. The zero-order valence-corrected chi connectivity index (χ0v) is 25.7. The zero-order valence-electron chi connectivity index (χ0n) is 24.9. The molecule has 3 aromatic rings. The molecule has 0 spiro atoms. The van der Waals surface area contributed by atoms with Crippen LogP contribution in [0.15, 0.2) is 42.6 Å². The Balaban J connectivity index is 1.22. The second-order valence-electron chi connectivity index (χ2n) is 11.4. The lowest BCUT2D eigenvalue weighted by molar-refractivity contribution is -0.117. The van der Waals surface area contributed by atoms with Crippen LogP contribution >= 0.6 is 11.6 Å². The molecule has 3 aliphatic rings. The summed E-state index contributed by atoms with van der Waals surface area (Å²) < 4.78 is 32.9. The molecule has 2 amide bonds. The highest BCUT2D eigenvalue weighted by molar-refractivity contribution is 6.33. The molecule has 3 fully saturated rings. The molecule has 14 heteroatoms. The third kappa shape index (κ3) is 7.10. The Morgan fingerprint density at radius 1 is 0.956 bits per heavy atom. The number of piperazine rings is 1. The minimum atomic E-state index is -0.741. The summed E-state index contributed by atoms with van der Waals surface area (Å²) in [6, 6.07) is 7.91. The number of rotatable bonds is 7. The first-order chi connectivity index (χ1) is 21.7. The summed E-state index contributed by atoms with van der Waals surface area (Å²) in [4.78, 5) is 44.1. The smallest absolute Gasteiger partial charge is 0.256 e. The van der Waals surface area contributed by atoms with Crippen molar-refractivity contribution in [3.8, 4) is 0 Å². The number of likely N-dealkylation sites (N-methyl/N-ethyl adjacent to an activating group) is 1. The SMILES string of the molecule is CN1CCN(C(=O)c2cc(NC(=O)[C@@H]3CCCN3c3nc(Nc4cc(F)cc(F)c4)ncc3Cl)ccc2N2CCOCC2)CC1. The lowest BCUT2D eigenvalue weighted by Gasteiger charge is -2.35. The van der Waals surface area contributed by atoms with Crippen molar-refractivity contribution in [1.29, 1.82) is 0 Å². The number of nitrogens with zero attached hydrogens (tertiary/aromatic N) is 6. The molecule has 4 heterocycles. The van der Waals surface area contributed by atoms with Crippen molar-refractivity contribution >= 4 is 52.2 Å². The molecule has 6 rings (SSSR count). The van der Waals surface area contributed by atoms with Gasteiger partial charge in [0.1, 0.15) is 22.7 Å². The minimum Gasteiger partial charge on any atom is -0.378 e. The van der Waals surface area contributed by atoms with Gasteiger partial charge in [0.25, 0.3) is 5.91 Å². The first-order valence-electron chi connectivity index (χ1n) is 15.0. The number of hydrogen-bond donors (Lipinski definition) is 2. The molecule has 0 saturated carbocycles. The van der Waals surface area contributed by atoms with Gasteiger partial charge in [-0.1, -0.05) is 11.6 Å². The Morgan fingerprint density at radius 2 is 1.69 bits per heavy atom. The summed E-state index contributed by atoms with van der Waals surface area (Å²) >= 11 is 6.48. The van der Waals surface area contributed by atoms with Crippen LogP contribution in [0.4, 0.5) is 37.6 Å². The second-order valence-corrected chi connectivity index (χ2v) is 11.8. The number of carbonyl (C=O) groups is 2. The van der Waals surface area contributed by atoms with Gasteiger partial charge in [-0.2, -0.15) is 4.98 Å². The summed E-state index contributed by atoms with van der Waals surface area (Å²) in [5, 5.41) is 6.05. The van der Waals surface area contributed by atoms with Crippen LogP contribution in [0.5, 0.6) is 0 Å². The highest BCUT2D eigenvalue weighted by Crippen LogP contribution is 2.33. The largest absolute Gasteiger partial charge is 0.378 e. The summed E-state index contributed by atoms with van der Waals surface area (Å²) in [6.45, 7) is 5.91. The Hall–Kier alpha value is -4.07. The van der Waals surface area contributed by atoms with Crippen LogP contribution in [0.25, 0.3) is 0 Å². The summed E-state index contributed by atoms with van der Waals surface area (Å²) in [7, 11) is 2.04. The Labute approximate surface area is 265 Å². The number of amides is 2. The van der Waals surface area contributed by atoms with Crippen molar-refractivity contribution in [3.63, 3.8) is 0 Å².